The number of hydrogen-bond acceptors (Lipinski definition) is 3. The normalized spacial score (nSPS) is 10.8. The monoisotopic (exact) mass is 303 g/mol. The van der Waals surface area contributed by atoms with Crippen LogP contribution in [-0.2, 0) is 11.2 Å². The molecule has 3 aromatic heterocycles. The van der Waals surface area contributed by atoms with Gasteiger partial charge in [0, 0.05) is 6.42 Å². The Morgan fingerprint density at radius 1 is 1.15 bits per heavy atom. The molecule has 0 bridgehead atoms. The van der Waals surface area contributed by atoms with Crippen LogP contribution in [0.5, 0.6) is 0 Å². The standard InChI is InChI=1S/C15H13NO2S2/c17-14(18)6-5-10-9-11(12-3-1-7-19-12)16-15(10)13-4-2-8-20-13/h1-4,7-9,16H,5-6H2,(H,17,18). The molecule has 0 aliphatic rings. The van der Waals surface area contributed by atoms with E-state index in [9.17, 15) is 4.79 Å². The summed E-state index contributed by atoms with van der Waals surface area (Å²) in [5.74, 6) is -0.763. The maximum Gasteiger partial charge on any atom is 0.303 e. The summed E-state index contributed by atoms with van der Waals surface area (Å²) in [6, 6.07) is 10.2. The number of carboxylic acids is 1. The van der Waals surface area contributed by atoms with Crippen molar-refractivity contribution in [3.8, 4) is 21.1 Å². The van der Waals surface area contributed by atoms with Gasteiger partial charge in [0.1, 0.15) is 0 Å². The van der Waals surface area contributed by atoms with Crippen molar-refractivity contribution in [2.45, 2.75) is 12.8 Å². The van der Waals surface area contributed by atoms with Gasteiger partial charge in [-0.25, -0.2) is 0 Å². The summed E-state index contributed by atoms with van der Waals surface area (Å²) in [4.78, 5) is 16.6. The van der Waals surface area contributed by atoms with Crippen LogP contribution >= 0.6 is 22.7 Å². The molecule has 3 nitrogen and oxygen atoms in total. The van der Waals surface area contributed by atoms with Crippen molar-refractivity contribution >= 4 is 28.6 Å². The second kappa shape index (κ2) is 5.64. The number of aromatic nitrogens is 1. The molecule has 0 radical (unpaired) electrons. The Morgan fingerprint density at radius 2 is 1.85 bits per heavy atom. The second-order valence-corrected chi connectivity index (χ2v) is 6.33. The second-order valence-electron chi connectivity index (χ2n) is 4.43. The molecule has 5 heteroatoms. The zero-order chi connectivity index (χ0) is 13.9. The van der Waals surface area contributed by atoms with Gasteiger partial charge in [0.2, 0.25) is 0 Å². The maximum absolute atomic E-state index is 10.8. The van der Waals surface area contributed by atoms with Gasteiger partial charge in [-0.3, -0.25) is 4.79 Å². The fourth-order valence-corrected chi connectivity index (χ4v) is 3.60. The molecule has 0 atom stereocenters. The molecule has 3 rings (SSSR count). The van der Waals surface area contributed by atoms with Crippen LogP contribution in [0, 0.1) is 0 Å². The number of H-pyrrole nitrogens is 1. The molecule has 0 saturated carbocycles. The molecule has 3 aromatic rings. The molecule has 102 valence electrons. The van der Waals surface area contributed by atoms with Crippen LogP contribution in [0.2, 0.25) is 0 Å². The Morgan fingerprint density at radius 3 is 2.45 bits per heavy atom. The molecule has 0 saturated heterocycles. The van der Waals surface area contributed by atoms with Crippen molar-refractivity contribution in [2.75, 3.05) is 0 Å². The SMILES string of the molecule is O=C(O)CCc1cc(-c2cccs2)[nH]c1-c1cccs1. The molecule has 0 unspecified atom stereocenters. The van der Waals surface area contributed by atoms with E-state index in [1.165, 1.54) is 4.88 Å². The lowest BCUT2D eigenvalue weighted by Gasteiger charge is -1.99. The molecule has 0 fully saturated rings. The molecular weight excluding hydrogens is 290 g/mol. The van der Waals surface area contributed by atoms with Crippen LogP contribution in [0.4, 0.5) is 0 Å². The van der Waals surface area contributed by atoms with Crippen LogP contribution in [0.15, 0.2) is 41.1 Å². The third kappa shape index (κ3) is 2.69. The highest BCUT2D eigenvalue weighted by atomic mass is 32.1. The predicted octanol–water partition coefficient (Wildman–Crippen LogP) is 4.49. The Hall–Kier alpha value is -1.85. The molecule has 0 aliphatic heterocycles. The summed E-state index contributed by atoms with van der Waals surface area (Å²) in [5.41, 5.74) is 3.17. The lowest BCUT2D eigenvalue weighted by molar-refractivity contribution is -0.136. The maximum atomic E-state index is 10.8. The zero-order valence-corrected chi connectivity index (χ0v) is 12.3. The van der Waals surface area contributed by atoms with Crippen molar-refractivity contribution in [1.29, 1.82) is 0 Å². The number of aryl methyl sites for hydroxylation is 1. The molecule has 0 aromatic carbocycles. The highest BCUT2D eigenvalue weighted by Gasteiger charge is 2.13. The first kappa shape index (κ1) is 13.1. The Bertz CT molecular complexity index is 696. The summed E-state index contributed by atoms with van der Waals surface area (Å²) >= 11 is 3.34. The zero-order valence-electron chi connectivity index (χ0n) is 10.6. The minimum absolute atomic E-state index is 0.153. The summed E-state index contributed by atoms with van der Waals surface area (Å²) in [6.45, 7) is 0. The van der Waals surface area contributed by atoms with Gasteiger partial charge in [0.25, 0.3) is 0 Å². The Labute approximate surface area is 124 Å². The average Bonchev–Trinajstić information content (AvgIpc) is 3.15. The van der Waals surface area contributed by atoms with E-state index in [4.69, 9.17) is 5.11 Å². The first-order chi connectivity index (χ1) is 9.74. The van der Waals surface area contributed by atoms with E-state index in [2.05, 4.69) is 23.2 Å². The number of rotatable bonds is 5. The fourth-order valence-electron chi connectivity index (χ4n) is 2.14. The van der Waals surface area contributed by atoms with Gasteiger partial charge in [-0.15, -0.1) is 22.7 Å². The highest BCUT2D eigenvalue weighted by Crippen LogP contribution is 2.33. The Kier molecular flexibility index (Phi) is 3.71. The van der Waals surface area contributed by atoms with Crippen LogP contribution in [0.3, 0.4) is 0 Å². The summed E-state index contributed by atoms with van der Waals surface area (Å²) in [6.07, 6.45) is 0.699. The lowest BCUT2D eigenvalue weighted by Crippen LogP contribution is -1.97. The van der Waals surface area contributed by atoms with Gasteiger partial charge >= 0.3 is 5.97 Å². The van der Waals surface area contributed by atoms with E-state index in [1.54, 1.807) is 22.7 Å². The van der Waals surface area contributed by atoms with E-state index in [0.717, 1.165) is 21.8 Å². The van der Waals surface area contributed by atoms with Crippen LogP contribution in [0.1, 0.15) is 12.0 Å². The molecule has 3 heterocycles. The van der Waals surface area contributed by atoms with E-state index in [-0.39, 0.29) is 6.42 Å². The Balaban J connectivity index is 1.99. The molecule has 2 N–H and O–H groups in total. The largest absolute Gasteiger partial charge is 0.481 e. The summed E-state index contributed by atoms with van der Waals surface area (Å²) in [5, 5.41) is 13.0. The molecule has 0 amide bonds. The number of aromatic amines is 1. The van der Waals surface area contributed by atoms with E-state index in [0.29, 0.717) is 6.42 Å². The molecular formula is C15H13NO2S2. The van der Waals surface area contributed by atoms with E-state index in [1.807, 2.05) is 22.9 Å². The number of carboxylic acid groups (broad SMARTS) is 1. The smallest absolute Gasteiger partial charge is 0.303 e. The summed E-state index contributed by atoms with van der Waals surface area (Å²) in [7, 11) is 0. The number of carbonyl (C=O) groups is 1. The number of hydrogen-bond donors (Lipinski definition) is 2. The van der Waals surface area contributed by atoms with Crippen molar-refractivity contribution in [3.63, 3.8) is 0 Å². The van der Waals surface area contributed by atoms with Crippen LogP contribution < -0.4 is 0 Å². The van der Waals surface area contributed by atoms with Crippen LogP contribution in [-0.4, -0.2) is 16.1 Å². The third-order valence-corrected chi connectivity index (χ3v) is 4.85. The third-order valence-electron chi connectivity index (χ3n) is 3.06. The van der Waals surface area contributed by atoms with Gasteiger partial charge in [-0.1, -0.05) is 12.1 Å². The van der Waals surface area contributed by atoms with Crippen molar-refractivity contribution in [2.24, 2.45) is 0 Å². The highest BCUT2D eigenvalue weighted by molar-refractivity contribution is 7.14. The van der Waals surface area contributed by atoms with E-state index >= 15 is 0 Å². The lowest BCUT2D eigenvalue weighted by atomic mass is 10.1. The average molecular weight is 303 g/mol. The van der Waals surface area contributed by atoms with Gasteiger partial charge in [-0.2, -0.15) is 0 Å². The van der Waals surface area contributed by atoms with Gasteiger partial charge < -0.3 is 10.1 Å². The van der Waals surface area contributed by atoms with Gasteiger partial charge in [-0.05, 0) is 40.9 Å². The number of nitrogens with one attached hydrogen (secondary N) is 1. The molecule has 20 heavy (non-hydrogen) atoms. The topological polar surface area (TPSA) is 53.1 Å². The predicted molar refractivity (Wildman–Crippen MR) is 83.4 cm³/mol. The number of thiophene rings is 2. The quantitative estimate of drug-likeness (QED) is 0.729. The van der Waals surface area contributed by atoms with Crippen molar-refractivity contribution in [1.82, 2.24) is 4.98 Å². The fraction of sp³-hybridized carbons (Fsp3) is 0.133. The molecule has 0 spiro atoms. The van der Waals surface area contributed by atoms with E-state index < -0.39 is 5.97 Å². The first-order valence-corrected chi connectivity index (χ1v) is 8.01. The summed E-state index contributed by atoms with van der Waals surface area (Å²) < 4.78 is 0. The van der Waals surface area contributed by atoms with Gasteiger partial charge in [0.15, 0.2) is 0 Å². The molecule has 0 aliphatic carbocycles. The minimum atomic E-state index is -0.763. The van der Waals surface area contributed by atoms with Crippen molar-refractivity contribution in [3.05, 3.63) is 46.7 Å². The van der Waals surface area contributed by atoms with Crippen LogP contribution in [0.25, 0.3) is 21.1 Å². The minimum Gasteiger partial charge on any atom is -0.481 e. The van der Waals surface area contributed by atoms with Crippen molar-refractivity contribution < 1.29 is 9.90 Å². The first-order valence-electron chi connectivity index (χ1n) is 6.25. The van der Waals surface area contributed by atoms with Gasteiger partial charge in [0.05, 0.1) is 21.1 Å². The number of aliphatic carboxylic acids is 1.